The van der Waals surface area contributed by atoms with E-state index in [-0.39, 0.29) is 0 Å². The maximum atomic E-state index is 6.62. The predicted octanol–water partition coefficient (Wildman–Crippen LogP) is 2.71. The van der Waals surface area contributed by atoms with E-state index >= 15 is 0 Å². The van der Waals surface area contributed by atoms with Crippen LogP contribution in [0.4, 0.5) is 0 Å². The molecule has 154 valence electrons. The van der Waals surface area contributed by atoms with Crippen molar-refractivity contribution < 1.29 is 28.4 Å². The van der Waals surface area contributed by atoms with Crippen LogP contribution in [0.5, 0.6) is 34.5 Å². The van der Waals surface area contributed by atoms with Crippen LogP contribution in [-0.4, -0.2) is 56.2 Å². The Kier molecular flexibility index (Phi) is 7.32. The average molecular weight is 427 g/mol. The molecule has 0 aromatic heterocycles. The molecule has 0 spiro atoms. The summed E-state index contributed by atoms with van der Waals surface area (Å²) in [5.41, 5.74) is 0.352. The molecular formula is C20H27ClO6Si. The van der Waals surface area contributed by atoms with Gasteiger partial charge in [0.25, 0.3) is 0 Å². The topological polar surface area (TPSA) is 55.4 Å². The third-order valence-corrected chi connectivity index (χ3v) is 10.1. The fourth-order valence-electron chi connectivity index (χ4n) is 3.36. The molecule has 0 aliphatic rings. The fourth-order valence-corrected chi connectivity index (χ4v) is 7.55. The normalized spacial score (nSPS) is 11.0. The molecule has 2 aromatic carbocycles. The monoisotopic (exact) mass is 426 g/mol. The van der Waals surface area contributed by atoms with Crippen LogP contribution in [0.15, 0.2) is 24.3 Å². The molecule has 2 rings (SSSR count). The molecule has 6 nitrogen and oxygen atoms in total. The predicted molar refractivity (Wildman–Crippen MR) is 114 cm³/mol. The minimum Gasteiger partial charge on any atom is -0.497 e. The second kappa shape index (κ2) is 9.30. The van der Waals surface area contributed by atoms with Gasteiger partial charge in [-0.25, -0.2) is 0 Å². The SMILES string of the molecule is COc1cc(OC)c([Si](C)(CCl)c2c(OC)cc(OC)cc2OC)c(OC)c1. The van der Waals surface area contributed by atoms with Gasteiger partial charge in [0.1, 0.15) is 42.6 Å². The van der Waals surface area contributed by atoms with Gasteiger partial charge in [-0.2, -0.15) is 0 Å². The maximum Gasteiger partial charge on any atom is 0.148 e. The number of hydrogen-bond acceptors (Lipinski definition) is 6. The van der Waals surface area contributed by atoms with Crippen molar-refractivity contribution >= 4 is 30.0 Å². The molecule has 0 bridgehead atoms. The first-order valence-electron chi connectivity index (χ1n) is 8.60. The highest BCUT2D eigenvalue weighted by atomic mass is 35.5. The lowest BCUT2D eigenvalue weighted by Gasteiger charge is -2.32. The Morgan fingerprint density at radius 1 is 0.607 bits per heavy atom. The van der Waals surface area contributed by atoms with Crippen molar-refractivity contribution in [1.29, 1.82) is 0 Å². The van der Waals surface area contributed by atoms with Gasteiger partial charge in [0.2, 0.25) is 0 Å². The van der Waals surface area contributed by atoms with E-state index in [2.05, 4.69) is 6.55 Å². The van der Waals surface area contributed by atoms with Gasteiger partial charge in [-0.3, -0.25) is 0 Å². The average Bonchev–Trinajstić information content (AvgIpc) is 2.76. The zero-order chi connectivity index (χ0) is 20.9. The van der Waals surface area contributed by atoms with E-state index in [4.69, 9.17) is 40.0 Å². The van der Waals surface area contributed by atoms with E-state index in [1.54, 1.807) is 42.7 Å². The molecule has 0 amide bonds. The summed E-state index contributed by atoms with van der Waals surface area (Å²) >= 11 is 6.62. The van der Waals surface area contributed by atoms with Gasteiger partial charge in [0.15, 0.2) is 0 Å². The molecule has 0 N–H and O–H groups in total. The minimum absolute atomic E-state index is 0.352. The lowest BCUT2D eigenvalue weighted by Crippen LogP contribution is -2.59. The zero-order valence-electron chi connectivity index (χ0n) is 17.3. The Morgan fingerprint density at radius 3 is 1.07 bits per heavy atom. The van der Waals surface area contributed by atoms with Crippen molar-refractivity contribution in [2.24, 2.45) is 0 Å². The van der Waals surface area contributed by atoms with Crippen molar-refractivity contribution in [2.45, 2.75) is 6.55 Å². The Balaban J connectivity index is 2.90. The van der Waals surface area contributed by atoms with Crippen LogP contribution in [0.1, 0.15) is 0 Å². The van der Waals surface area contributed by atoms with Crippen LogP contribution >= 0.6 is 11.6 Å². The summed E-state index contributed by atoms with van der Waals surface area (Å²) in [5.74, 6) is 3.85. The first kappa shape index (κ1) is 22.0. The molecule has 0 unspecified atom stereocenters. The highest BCUT2D eigenvalue weighted by molar-refractivity contribution is 7.06. The van der Waals surface area contributed by atoms with Crippen LogP contribution in [0, 0.1) is 0 Å². The number of rotatable bonds is 9. The van der Waals surface area contributed by atoms with Crippen LogP contribution in [0.2, 0.25) is 6.55 Å². The second-order valence-corrected chi connectivity index (χ2v) is 11.0. The summed E-state index contributed by atoms with van der Waals surface area (Å²) in [6.45, 7) is 2.12. The lowest BCUT2D eigenvalue weighted by molar-refractivity contribution is 0.378. The van der Waals surface area contributed by atoms with Crippen molar-refractivity contribution in [1.82, 2.24) is 0 Å². The zero-order valence-corrected chi connectivity index (χ0v) is 19.1. The summed E-state index contributed by atoms with van der Waals surface area (Å²) in [6.07, 6.45) is 0. The van der Waals surface area contributed by atoms with E-state index in [1.807, 2.05) is 24.3 Å². The van der Waals surface area contributed by atoms with Crippen molar-refractivity contribution in [3.05, 3.63) is 24.3 Å². The van der Waals surface area contributed by atoms with E-state index in [9.17, 15) is 0 Å². The van der Waals surface area contributed by atoms with E-state index in [0.717, 1.165) is 10.4 Å². The molecule has 0 saturated carbocycles. The first-order chi connectivity index (χ1) is 13.4. The van der Waals surface area contributed by atoms with Crippen molar-refractivity contribution in [3.8, 4) is 34.5 Å². The first-order valence-corrected chi connectivity index (χ1v) is 11.8. The Morgan fingerprint density at radius 2 is 0.893 bits per heavy atom. The van der Waals surface area contributed by atoms with Gasteiger partial charge in [-0.15, -0.1) is 11.6 Å². The largest absolute Gasteiger partial charge is 0.497 e. The van der Waals surface area contributed by atoms with Gasteiger partial charge in [-0.05, 0) is 0 Å². The molecule has 8 heteroatoms. The number of hydrogen-bond donors (Lipinski definition) is 0. The highest BCUT2D eigenvalue weighted by Gasteiger charge is 2.42. The van der Waals surface area contributed by atoms with Gasteiger partial charge in [0, 0.05) is 40.1 Å². The molecule has 0 saturated heterocycles. The summed E-state index contributed by atoms with van der Waals surface area (Å²) in [5, 5.41) is 1.80. The van der Waals surface area contributed by atoms with Gasteiger partial charge < -0.3 is 28.4 Å². The van der Waals surface area contributed by atoms with Crippen LogP contribution in [0.25, 0.3) is 0 Å². The Bertz CT molecular complexity index is 713. The van der Waals surface area contributed by atoms with Gasteiger partial charge in [-0.1, -0.05) is 6.55 Å². The maximum absolute atomic E-state index is 6.62. The number of benzene rings is 2. The molecule has 28 heavy (non-hydrogen) atoms. The molecular weight excluding hydrogens is 400 g/mol. The quantitative estimate of drug-likeness (QED) is 0.454. The molecule has 0 atom stereocenters. The Hall–Kier alpha value is -2.25. The molecule has 0 heterocycles. The molecule has 0 radical (unpaired) electrons. The molecule has 0 aliphatic carbocycles. The smallest absolute Gasteiger partial charge is 0.148 e. The number of methoxy groups -OCH3 is 6. The lowest BCUT2D eigenvalue weighted by atomic mass is 10.3. The second-order valence-electron chi connectivity index (χ2n) is 6.28. The summed E-state index contributed by atoms with van der Waals surface area (Å²) < 4.78 is 33.6. The van der Waals surface area contributed by atoms with E-state index < -0.39 is 8.07 Å². The third kappa shape index (κ3) is 3.82. The summed E-state index contributed by atoms with van der Waals surface area (Å²) in [7, 11) is 7.00. The van der Waals surface area contributed by atoms with Gasteiger partial charge in [0.05, 0.1) is 42.7 Å². The van der Waals surface area contributed by atoms with Crippen LogP contribution in [0.3, 0.4) is 0 Å². The third-order valence-electron chi connectivity index (χ3n) is 4.80. The van der Waals surface area contributed by atoms with Crippen molar-refractivity contribution in [2.75, 3.05) is 48.2 Å². The molecule has 2 aromatic rings. The van der Waals surface area contributed by atoms with Gasteiger partial charge >= 0.3 is 0 Å². The number of ether oxygens (including phenoxy) is 6. The summed E-state index contributed by atoms with van der Waals surface area (Å²) in [6, 6.07) is 7.33. The number of alkyl halides is 1. The van der Waals surface area contributed by atoms with Crippen LogP contribution in [-0.2, 0) is 0 Å². The van der Waals surface area contributed by atoms with Crippen molar-refractivity contribution in [3.63, 3.8) is 0 Å². The highest BCUT2D eigenvalue weighted by Crippen LogP contribution is 2.34. The van der Waals surface area contributed by atoms with E-state index in [1.165, 1.54) is 0 Å². The fraction of sp³-hybridized carbons (Fsp3) is 0.400. The number of halogens is 1. The van der Waals surface area contributed by atoms with Crippen LogP contribution < -0.4 is 38.8 Å². The van der Waals surface area contributed by atoms with E-state index in [0.29, 0.717) is 40.0 Å². The standard InChI is InChI=1S/C20H27ClO6Si/c1-22-13-8-15(24-3)19(16(9-13)25-4)28(7,12-21)20-17(26-5)10-14(23-2)11-18(20)27-6/h8-11H,12H2,1-7H3. The molecule has 0 fully saturated rings. The Labute approximate surface area is 172 Å². The summed E-state index contributed by atoms with van der Waals surface area (Å²) in [4.78, 5) is 0. The molecule has 0 aliphatic heterocycles. The minimum atomic E-state index is -2.65.